The maximum atomic E-state index is 12.1. The summed E-state index contributed by atoms with van der Waals surface area (Å²) in [5.41, 5.74) is 8.00. The summed E-state index contributed by atoms with van der Waals surface area (Å²) in [4.78, 5) is 21.0. The van der Waals surface area contributed by atoms with E-state index in [4.69, 9.17) is 32.6 Å². The fourth-order valence-corrected chi connectivity index (χ4v) is 4.37. The van der Waals surface area contributed by atoms with Gasteiger partial charge in [0, 0.05) is 16.6 Å². The summed E-state index contributed by atoms with van der Waals surface area (Å²) in [7, 11) is 3.13. The van der Waals surface area contributed by atoms with Gasteiger partial charge >= 0.3 is 18.1 Å². The lowest BCUT2D eigenvalue weighted by molar-refractivity contribution is -0.192. The Bertz CT molecular complexity index is 1110. The number of anilines is 1. The molecule has 0 unspecified atom stereocenters. The Balaban J connectivity index is 0.000000396. The van der Waals surface area contributed by atoms with Crippen LogP contribution in [0, 0.1) is 3.82 Å². The van der Waals surface area contributed by atoms with E-state index in [1.54, 1.807) is 32.8 Å². The summed E-state index contributed by atoms with van der Waals surface area (Å²) in [6.07, 6.45) is -5.08. The van der Waals surface area contributed by atoms with Crippen LogP contribution in [0.3, 0.4) is 0 Å². The Kier molecular flexibility index (Phi) is 7.54. The fraction of sp³-hybridized carbons (Fsp3) is 0.0556. The molecule has 0 aliphatic heterocycles. The van der Waals surface area contributed by atoms with E-state index >= 15 is 0 Å². The van der Waals surface area contributed by atoms with Crippen LogP contribution in [-0.2, 0) is 4.79 Å². The normalized spacial score (nSPS) is 10.6. The molecule has 2 aromatic carbocycles. The van der Waals surface area contributed by atoms with Gasteiger partial charge in [-0.15, -0.1) is 0 Å². The number of hydrogen-bond acceptors (Lipinski definition) is 8. The number of carbonyl (C=O) groups excluding carboxylic acids is 1. The van der Waals surface area contributed by atoms with Crippen molar-refractivity contribution in [3.8, 4) is 22.6 Å². The molecular weight excluding hydrogens is 463 g/mol. The summed E-state index contributed by atoms with van der Waals surface area (Å²) >= 11 is 5.26. The summed E-state index contributed by atoms with van der Waals surface area (Å²) < 4.78 is 37.8. The second kappa shape index (κ2) is 9.69. The van der Waals surface area contributed by atoms with Crippen LogP contribution < -0.4 is 10.5 Å². The second-order valence-corrected chi connectivity index (χ2v) is 8.24. The standard InChI is InChI=1S/C16H11NO3S3.C2HF3O2/c17-10-3-6-14(18)12(7-10)15(19)20-11-4-1-9(2-5-11)13-8-22-23-16(13)21;3-2(4,5)1(6)7/h1-8,18H,17H2;(H,6,7). The van der Waals surface area contributed by atoms with E-state index in [0.717, 1.165) is 15.0 Å². The van der Waals surface area contributed by atoms with Crippen molar-refractivity contribution in [2.24, 2.45) is 0 Å². The smallest absolute Gasteiger partial charge is 0.490 e. The van der Waals surface area contributed by atoms with E-state index in [-0.39, 0.29) is 11.3 Å². The minimum absolute atomic E-state index is 0.0292. The molecule has 0 aliphatic rings. The number of carboxylic acid groups (broad SMARTS) is 1. The summed E-state index contributed by atoms with van der Waals surface area (Å²) in [6, 6.07) is 11.3. The first-order valence-electron chi connectivity index (χ1n) is 7.78. The molecule has 0 fully saturated rings. The molecule has 0 amide bonds. The van der Waals surface area contributed by atoms with Crippen LogP contribution >= 0.6 is 32.9 Å². The molecule has 158 valence electrons. The number of nitrogen functional groups attached to an aromatic ring is 1. The van der Waals surface area contributed by atoms with Gasteiger partial charge in [-0.05, 0) is 35.9 Å². The minimum atomic E-state index is -5.08. The monoisotopic (exact) mass is 475 g/mol. The predicted molar refractivity (Wildman–Crippen MR) is 110 cm³/mol. The molecule has 1 aromatic heterocycles. The first-order valence-corrected chi connectivity index (χ1v) is 10.4. The molecule has 0 bridgehead atoms. The lowest BCUT2D eigenvalue weighted by atomic mass is 10.1. The van der Waals surface area contributed by atoms with Gasteiger partial charge in [0.25, 0.3) is 0 Å². The average molecular weight is 475 g/mol. The van der Waals surface area contributed by atoms with Gasteiger partial charge < -0.3 is 20.7 Å². The number of halogens is 3. The zero-order valence-corrected chi connectivity index (χ0v) is 17.1. The number of aromatic hydroxyl groups is 1. The molecule has 0 saturated carbocycles. The van der Waals surface area contributed by atoms with E-state index in [9.17, 15) is 23.1 Å². The second-order valence-electron chi connectivity index (χ2n) is 5.49. The Morgan fingerprint density at radius 1 is 1.10 bits per heavy atom. The summed E-state index contributed by atoms with van der Waals surface area (Å²) in [5, 5.41) is 18.8. The highest BCUT2D eigenvalue weighted by atomic mass is 32.9. The van der Waals surface area contributed by atoms with Gasteiger partial charge in [-0.25, -0.2) is 9.59 Å². The van der Waals surface area contributed by atoms with Crippen molar-refractivity contribution in [3.05, 3.63) is 57.2 Å². The highest BCUT2D eigenvalue weighted by molar-refractivity contribution is 7.79. The van der Waals surface area contributed by atoms with Crippen molar-refractivity contribution in [1.29, 1.82) is 0 Å². The predicted octanol–water partition coefficient (Wildman–Crippen LogP) is 5.35. The van der Waals surface area contributed by atoms with Crippen molar-refractivity contribution in [2.75, 3.05) is 5.73 Å². The maximum absolute atomic E-state index is 12.1. The first kappa shape index (κ1) is 23.3. The van der Waals surface area contributed by atoms with Crippen LogP contribution in [0.4, 0.5) is 18.9 Å². The molecule has 0 saturated heterocycles. The zero-order valence-electron chi connectivity index (χ0n) is 14.7. The molecule has 12 heteroatoms. The van der Waals surface area contributed by atoms with Crippen molar-refractivity contribution >= 4 is 50.5 Å². The Morgan fingerprint density at radius 2 is 1.70 bits per heavy atom. The van der Waals surface area contributed by atoms with Gasteiger partial charge in [0.15, 0.2) is 0 Å². The molecule has 6 nitrogen and oxygen atoms in total. The SMILES string of the molecule is Nc1ccc(O)c(C(=O)Oc2ccc(-c3cssc3=S)cc2)c1.O=C(O)C(F)(F)F. The van der Waals surface area contributed by atoms with Crippen molar-refractivity contribution in [3.63, 3.8) is 0 Å². The van der Waals surface area contributed by atoms with Gasteiger partial charge in [0.2, 0.25) is 0 Å². The molecule has 4 N–H and O–H groups in total. The lowest BCUT2D eigenvalue weighted by Crippen LogP contribution is -2.21. The third-order valence-corrected chi connectivity index (χ3v) is 6.03. The first-order chi connectivity index (χ1) is 14.0. The molecule has 3 aromatic rings. The number of rotatable bonds is 3. The molecule has 30 heavy (non-hydrogen) atoms. The number of aliphatic carboxylic acids is 1. The Morgan fingerprint density at radius 3 is 2.20 bits per heavy atom. The fourth-order valence-electron chi connectivity index (χ4n) is 1.98. The molecule has 0 aliphatic carbocycles. The van der Waals surface area contributed by atoms with Crippen LogP contribution in [0.5, 0.6) is 11.5 Å². The van der Waals surface area contributed by atoms with E-state index in [1.807, 2.05) is 17.5 Å². The number of carbonyl (C=O) groups is 2. The number of hydrogen-bond donors (Lipinski definition) is 3. The van der Waals surface area contributed by atoms with Crippen LogP contribution in [-0.4, -0.2) is 28.3 Å². The van der Waals surface area contributed by atoms with Crippen molar-refractivity contribution in [2.45, 2.75) is 6.18 Å². The third kappa shape index (κ3) is 6.27. The number of alkyl halides is 3. The number of esters is 1. The molecule has 0 atom stereocenters. The quantitative estimate of drug-likeness (QED) is 0.117. The summed E-state index contributed by atoms with van der Waals surface area (Å²) in [6.45, 7) is 0. The third-order valence-electron chi connectivity index (χ3n) is 3.37. The number of ether oxygens (including phenoxy) is 1. The van der Waals surface area contributed by atoms with E-state index in [2.05, 4.69) is 0 Å². The van der Waals surface area contributed by atoms with Gasteiger partial charge in [-0.3, -0.25) is 0 Å². The molecule has 0 spiro atoms. The highest BCUT2D eigenvalue weighted by Crippen LogP contribution is 2.29. The van der Waals surface area contributed by atoms with E-state index in [0.29, 0.717) is 11.4 Å². The van der Waals surface area contributed by atoms with Crippen LogP contribution in [0.1, 0.15) is 10.4 Å². The number of benzene rings is 2. The lowest BCUT2D eigenvalue weighted by Gasteiger charge is -2.07. The minimum Gasteiger partial charge on any atom is -0.507 e. The van der Waals surface area contributed by atoms with E-state index in [1.165, 1.54) is 18.2 Å². The molecule has 3 rings (SSSR count). The zero-order chi connectivity index (χ0) is 22.5. The van der Waals surface area contributed by atoms with Crippen molar-refractivity contribution in [1.82, 2.24) is 0 Å². The van der Waals surface area contributed by atoms with Gasteiger partial charge in [0.05, 0.1) is 0 Å². The highest BCUT2D eigenvalue weighted by Gasteiger charge is 2.38. The van der Waals surface area contributed by atoms with Gasteiger partial charge in [0.1, 0.15) is 20.9 Å². The number of phenolic OH excluding ortho intramolecular Hbond substituents is 1. The van der Waals surface area contributed by atoms with Crippen LogP contribution in [0.25, 0.3) is 11.1 Å². The summed E-state index contributed by atoms with van der Waals surface area (Å²) in [5.74, 6) is -3.21. The Labute approximate surface area is 180 Å². The van der Waals surface area contributed by atoms with Crippen molar-refractivity contribution < 1.29 is 37.7 Å². The van der Waals surface area contributed by atoms with Crippen LogP contribution in [0.15, 0.2) is 47.8 Å². The molecule has 0 radical (unpaired) electrons. The molecular formula is C18H12F3NO5S3. The maximum Gasteiger partial charge on any atom is 0.490 e. The average Bonchev–Trinajstić information content (AvgIpc) is 3.10. The van der Waals surface area contributed by atoms with Gasteiger partial charge in [-0.1, -0.05) is 45.0 Å². The number of nitrogens with two attached hydrogens (primary N) is 1. The Hall–Kier alpha value is -2.96. The topological polar surface area (TPSA) is 110 Å². The largest absolute Gasteiger partial charge is 0.507 e. The number of phenols is 1. The van der Waals surface area contributed by atoms with Gasteiger partial charge in [-0.2, -0.15) is 13.2 Å². The molecule has 1 heterocycles. The van der Waals surface area contributed by atoms with Crippen LogP contribution in [0.2, 0.25) is 0 Å². The van der Waals surface area contributed by atoms with E-state index < -0.39 is 18.1 Å². The number of carboxylic acids is 1.